The van der Waals surface area contributed by atoms with E-state index in [4.69, 9.17) is 16.3 Å². The van der Waals surface area contributed by atoms with Crippen LogP contribution in [0.3, 0.4) is 0 Å². The standard InChI is InChI=1S/C20H23ClF2N4O3/c1-30-8-7-27(12-5-3-2-4-6-12)20(29)17-11-18(26-25-17)24-19(28)13-9-15(22)16(23)10-14(13)21/h9-12H,2-8H2,1H3,(H2,24,25,26,28). The van der Waals surface area contributed by atoms with Crippen molar-refractivity contribution in [3.63, 3.8) is 0 Å². The van der Waals surface area contributed by atoms with Crippen molar-refractivity contribution in [2.45, 2.75) is 38.1 Å². The highest BCUT2D eigenvalue weighted by Gasteiger charge is 2.28. The molecule has 1 fully saturated rings. The minimum Gasteiger partial charge on any atom is -0.383 e. The fourth-order valence-corrected chi connectivity index (χ4v) is 3.80. The second kappa shape index (κ2) is 9.99. The van der Waals surface area contributed by atoms with Crippen LogP contribution in [-0.4, -0.2) is 53.2 Å². The second-order valence-corrected chi connectivity index (χ2v) is 7.56. The Morgan fingerprint density at radius 2 is 1.93 bits per heavy atom. The van der Waals surface area contributed by atoms with E-state index < -0.39 is 17.5 Å². The number of aromatic nitrogens is 2. The van der Waals surface area contributed by atoms with E-state index in [1.165, 1.54) is 6.07 Å². The van der Waals surface area contributed by atoms with Crippen LogP contribution in [0.1, 0.15) is 53.0 Å². The lowest BCUT2D eigenvalue weighted by Gasteiger charge is -2.33. The number of H-pyrrole nitrogens is 1. The summed E-state index contributed by atoms with van der Waals surface area (Å²) < 4.78 is 31.8. The van der Waals surface area contributed by atoms with Gasteiger partial charge in [0, 0.05) is 25.8 Å². The average Bonchev–Trinajstić information content (AvgIpc) is 3.20. The van der Waals surface area contributed by atoms with Gasteiger partial charge in [0.15, 0.2) is 17.3 Å². The third-order valence-corrected chi connectivity index (χ3v) is 5.43. The smallest absolute Gasteiger partial charge is 0.274 e. The van der Waals surface area contributed by atoms with E-state index in [2.05, 4.69) is 15.5 Å². The molecule has 0 saturated heterocycles. The van der Waals surface area contributed by atoms with E-state index in [1.54, 1.807) is 12.0 Å². The highest BCUT2D eigenvalue weighted by molar-refractivity contribution is 6.34. The molecule has 0 aliphatic heterocycles. The minimum atomic E-state index is -1.19. The lowest BCUT2D eigenvalue weighted by molar-refractivity contribution is 0.0545. The van der Waals surface area contributed by atoms with Gasteiger partial charge in [0.25, 0.3) is 11.8 Å². The monoisotopic (exact) mass is 440 g/mol. The highest BCUT2D eigenvalue weighted by Crippen LogP contribution is 2.25. The molecule has 2 N–H and O–H groups in total. The Morgan fingerprint density at radius 1 is 1.23 bits per heavy atom. The molecule has 0 unspecified atom stereocenters. The Morgan fingerprint density at radius 3 is 2.63 bits per heavy atom. The summed E-state index contributed by atoms with van der Waals surface area (Å²) in [5.74, 6) is -3.22. The third-order valence-electron chi connectivity index (χ3n) is 5.11. The van der Waals surface area contributed by atoms with Gasteiger partial charge in [-0.25, -0.2) is 8.78 Å². The van der Waals surface area contributed by atoms with E-state index in [0.29, 0.717) is 19.2 Å². The molecule has 10 heteroatoms. The first kappa shape index (κ1) is 22.2. The van der Waals surface area contributed by atoms with Crippen LogP contribution in [0.2, 0.25) is 5.02 Å². The topological polar surface area (TPSA) is 87.3 Å². The summed E-state index contributed by atoms with van der Waals surface area (Å²) in [5, 5.41) is 8.80. The third kappa shape index (κ3) is 5.14. The Hall–Kier alpha value is -2.52. The summed E-state index contributed by atoms with van der Waals surface area (Å²) in [5.41, 5.74) is -0.0923. The molecular weight excluding hydrogens is 418 g/mol. The molecule has 1 heterocycles. The van der Waals surface area contributed by atoms with Crippen molar-refractivity contribution in [1.29, 1.82) is 0 Å². The second-order valence-electron chi connectivity index (χ2n) is 7.15. The lowest BCUT2D eigenvalue weighted by atomic mass is 9.94. The molecule has 1 aliphatic rings. The summed E-state index contributed by atoms with van der Waals surface area (Å²) in [6.45, 7) is 0.851. The molecule has 1 aromatic heterocycles. The van der Waals surface area contributed by atoms with Crippen LogP contribution in [0, 0.1) is 11.6 Å². The van der Waals surface area contributed by atoms with E-state index in [-0.39, 0.29) is 34.0 Å². The molecule has 1 saturated carbocycles. The van der Waals surface area contributed by atoms with Crippen molar-refractivity contribution in [2.24, 2.45) is 0 Å². The van der Waals surface area contributed by atoms with Gasteiger partial charge in [0.1, 0.15) is 5.82 Å². The van der Waals surface area contributed by atoms with Gasteiger partial charge in [-0.2, -0.15) is 5.10 Å². The molecule has 0 bridgehead atoms. The van der Waals surface area contributed by atoms with Crippen LogP contribution in [-0.2, 0) is 4.74 Å². The number of hydrogen-bond acceptors (Lipinski definition) is 4. The number of aromatic amines is 1. The van der Waals surface area contributed by atoms with Crippen molar-refractivity contribution < 1.29 is 23.1 Å². The predicted molar refractivity (Wildman–Crippen MR) is 108 cm³/mol. The van der Waals surface area contributed by atoms with E-state index in [0.717, 1.165) is 38.2 Å². The van der Waals surface area contributed by atoms with Crippen LogP contribution < -0.4 is 5.32 Å². The SMILES string of the molecule is COCCN(C(=O)c1cc(NC(=O)c2cc(F)c(F)cc2Cl)[nH]n1)C1CCCCC1. The highest BCUT2D eigenvalue weighted by atomic mass is 35.5. The number of nitrogens with zero attached hydrogens (tertiary/aromatic N) is 2. The van der Waals surface area contributed by atoms with Crippen LogP contribution in [0.4, 0.5) is 14.6 Å². The maximum absolute atomic E-state index is 13.4. The maximum Gasteiger partial charge on any atom is 0.274 e. The van der Waals surface area contributed by atoms with Crippen molar-refractivity contribution >= 4 is 29.2 Å². The molecule has 1 aromatic carbocycles. The van der Waals surface area contributed by atoms with Gasteiger partial charge in [-0.1, -0.05) is 30.9 Å². The number of hydrogen-bond donors (Lipinski definition) is 2. The van der Waals surface area contributed by atoms with Gasteiger partial charge in [-0.15, -0.1) is 0 Å². The Balaban J connectivity index is 1.73. The Bertz CT molecular complexity index is 915. The van der Waals surface area contributed by atoms with Gasteiger partial charge < -0.3 is 15.0 Å². The van der Waals surface area contributed by atoms with Crippen molar-refractivity contribution in [3.05, 3.63) is 46.1 Å². The number of anilines is 1. The van der Waals surface area contributed by atoms with Gasteiger partial charge in [0.2, 0.25) is 0 Å². The largest absolute Gasteiger partial charge is 0.383 e. The molecular formula is C20H23ClF2N4O3. The maximum atomic E-state index is 13.4. The fourth-order valence-electron chi connectivity index (χ4n) is 3.56. The minimum absolute atomic E-state index is 0.122. The predicted octanol–water partition coefficient (Wildman–Crippen LogP) is 4.01. The van der Waals surface area contributed by atoms with E-state index in [9.17, 15) is 18.4 Å². The zero-order valence-corrected chi connectivity index (χ0v) is 17.3. The summed E-state index contributed by atoms with van der Waals surface area (Å²) in [4.78, 5) is 27.1. The van der Waals surface area contributed by atoms with Crippen LogP contribution in [0.25, 0.3) is 0 Å². The number of methoxy groups -OCH3 is 1. The summed E-state index contributed by atoms with van der Waals surface area (Å²) in [6.07, 6.45) is 5.15. The van der Waals surface area contributed by atoms with Gasteiger partial charge >= 0.3 is 0 Å². The summed E-state index contributed by atoms with van der Waals surface area (Å²) in [7, 11) is 1.58. The number of amides is 2. The fraction of sp³-hybridized carbons (Fsp3) is 0.450. The molecule has 0 spiro atoms. The summed E-state index contributed by atoms with van der Waals surface area (Å²) in [6, 6.07) is 2.96. The first-order valence-corrected chi connectivity index (χ1v) is 10.1. The van der Waals surface area contributed by atoms with E-state index >= 15 is 0 Å². The average molecular weight is 441 g/mol. The van der Waals surface area contributed by atoms with Crippen molar-refractivity contribution in [1.82, 2.24) is 15.1 Å². The normalized spacial score (nSPS) is 14.5. The van der Waals surface area contributed by atoms with Gasteiger partial charge in [-0.05, 0) is 25.0 Å². The Kier molecular flexibility index (Phi) is 7.38. The summed E-state index contributed by atoms with van der Waals surface area (Å²) >= 11 is 5.83. The molecule has 2 aromatic rings. The van der Waals surface area contributed by atoms with Gasteiger partial charge in [-0.3, -0.25) is 14.7 Å². The van der Waals surface area contributed by atoms with Crippen molar-refractivity contribution in [2.75, 3.05) is 25.6 Å². The number of rotatable bonds is 7. The lowest BCUT2D eigenvalue weighted by Crippen LogP contribution is -2.43. The van der Waals surface area contributed by atoms with Crippen LogP contribution >= 0.6 is 11.6 Å². The van der Waals surface area contributed by atoms with E-state index in [1.807, 2.05) is 0 Å². The molecule has 162 valence electrons. The first-order valence-electron chi connectivity index (χ1n) is 9.72. The van der Waals surface area contributed by atoms with Crippen molar-refractivity contribution in [3.8, 4) is 0 Å². The molecule has 3 rings (SSSR count). The van der Waals surface area contributed by atoms with Crippen LogP contribution in [0.15, 0.2) is 18.2 Å². The number of nitrogens with one attached hydrogen (secondary N) is 2. The molecule has 0 radical (unpaired) electrons. The van der Waals surface area contributed by atoms with Crippen LogP contribution in [0.5, 0.6) is 0 Å². The number of carbonyl (C=O) groups excluding carboxylic acids is 2. The molecule has 30 heavy (non-hydrogen) atoms. The quantitative estimate of drug-likeness (QED) is 0.637. The number of ether oxygens (including phenoxy) is 1. The molecule has 2 amide bonds. The zero-order chi connectivity index (χ0) is 21.7. The number of benzene rings is 1. The number of halogens is 3. The zero-order valence-electron chi connectivity index (χ0n) is 16.5. The first-order chi connectivity index (χ1) is 14.4. The molecule has 1 aliphatic carbocycles. The number of carbonyl (C=O) groups is 2. The molecule has 0 atom stereocenters. The Labute approximate surface area is 177 Å². The van der Waals surface area contributed by atoms with Gasteiger partial charge in [0.05, 0.1) is 17.2 Å². The molecule has 7 nitrogen and oxygen atoms in total.